The maximum absolute atomic E-state index is 12.1. The molecule has 0 radical (unpaired) electrons. The summed E-state index contributed by atoms with van der Waals surface area (Å²) in [6.07, 6.45) is 1.82. The van der Waals surface area contributed by atoms with Crippen molar-refractivity contribution in [3.05, 3.63) is 36.3 Å². The molecule has 2 rings (SSSR count). The van der Waals surface area contributed by atoms with Crippen molar-refractivity contribution in [2.45, 2.75) is 18.9 Å². The lowest BCUT2D eigenvalue weighted by molar-refractivity contribution is 0.0577. The minimum absolute atomic E-state index is 0.0456. The average molecular weight is 364 g/mol. The van der Waals surface area contributed by atoms with Crippen LogP contribution in [0.5, 0.6) is 17.2 Å². The van der Waals surface area contributed by atoms with Crippen molar-refractivity contribution in [3.8, 4) is 17.2 Å². The van der Waals surface area contributed by atoms with Crippen molar-refractivity contribution >= 4 is 11.7 Å². The summed E-state index contributed by atoms with van der Waals surface area (Å²) in [5.41, 5.74) is -0.688. The Bertz CT molecular complexity index is 702. The van der Waals surface area contributed by atoms with E-state index in [1.54, 1.807) is 31.2 Å². The summed E-state index contributed by atoms with van der Waals surface area (Å²) in [4.78, 5) is 12.1. The van der Waals surface area contributed by atoms with E-state index in [0.29, 0.717) is 28.7 Å². The number of hydrogen-bond donors (Lipinski definition) is 3. The Morgan fingerprint density at radius 1 is 1.19 bits per heavy atom. The molecule has 0 aliphatic heterocycles. The van der Waals surface area contributed by atoms with Gasteiger partial charge in [0, 0.05) is 25.1 Å². The van der Waals surface area contributed by atoms with Crippen LogP contribution in [0.4, 0.5) is 10.5 Å². The monoisotopic (exact) mass is 364 g/mol. The molecule has 0 bridgehead atoms. The zero-order valence-electron chi connectivity index (χ0n) is 15.3. The lowest BCUT2D eigenvalue weighted by Crippen LogP contribution is -2.43. The third-order valence-electron chi connectivity index (χ3n) is 3.69. The number of aliphatic hydroxyl groups is 1. The Labute approximate surface area is 152 Å². The van der Waals surface area contributed by atoms with Gasteiger partial charge in [0.2, 0.25) is 5.75 Å². The van der Waals surface area contributed by atoms with Crippen LogP contribution in [0.25, 0.3) is 0 Å². The Kier molecular flexibility index (Phi) is 6.35. The molecule has 3 N–H and O–H groups in total. The van der Waals surface area contributed by atoms with Gasteiger partial charge in [-0.3, -0.25) is 0 Å². The second-order valence-corrected chi connectivity index (χ2v) is 5.97. The Morgan fingerprint density at radius 3 is 2.35 bits per heavy atom. The van der Waals surface area contributed by atoms with E-state index >= 15 is 0 Å². The van der Waals surface area contributed by atoms with E-state index in [0.717, 1.165) is 0 Å². The standard InChI is InChI=1S/C18H24N2O6/c1-18(22,10-13-6-5-7-26-13)11-19-17(21)20-12-8-14(23-2)16(25-4)15(9-12)24-3/h5-9,22H,10-11H2,1-4H3,(H2,19,20,21). The molecule has 8 heteroatoms. The van der Waals surface area contributed by atoms with E-state index in [9.17, 15) is 9.90 Å². The number of hydrogen-bond acceptors (Lipinski definition) is 6. The van der Waals surface area contributed by atoms with Gasteiger partial charge in [0.05, 0.1) is 38.9 Å². The number of methoxy groups -OCH3 is 3. The minimum Gasteiger partial charge on any atom is -0.493 e. The van der Waals surface area contributed by atoms with Crippen molar-refractivity contribution in [1.82, 2.24) is 5.32 Å². The largest absolute Gasteiger partial charge is 0.493 e. The Hall–Kier alpha value is -2.87. The molecule has 0 fully saturated rings. The molecule has 0 aliphatic carbocycles. The van der Waals surface area contributed by atoms with E-state index < -0.39 is 11.6 Å². The van der Waals surface area contributed by atoms with Crippen LogP contribution in [0.2, 0.25) is 0 Å². The van der Waals surface area contributed by atoms with Crippen LogP contribution in [0.3, 0.4) is 0 Å². The van der Waals surface area contributed by atoms with Crippen molar-refractivity contribution in [1.29, 1.82) is 0 Å². The van der Waals surface area contributed by atoms with E-state index in [2.05, 4.69) is 10.6 Å². The SMILES string of the molecule is COc1cc(NC(=O)NCC(C)(O)Cc2ccco2)cc(OC)c1OC. The van der Waals surface area contributed by atoms with E-state index in [-0.39, 0.29) is 13.0 Å². The molecule has 2 amide bonds. The molecule has 1 unspecified atom stereocenters. The molecule has 1 aromatic carbocycles. The first-order valence-corrected chi connectivity index (χ1v) is 7.98. The van der Waals surface area contributed by atoms with Crippen molar-refractivity contribution in [3.63, 3.8) is 0 Å². The molecule has 0 saturated carbocycles. The topological polar surface area (TPSA) is 102 Å². The van der Waals surface area contributed by atoms with Gasteiger partial charge in [-0.25, -0.2) is 4.79 Å². The third-order valence-corrected chi connectivity index (χ3v) is 3.69. The summed E-state index contributed by atoms with van der Waals surface area (Å²) in [5, 5.41) is 15.7. The number of urea groups is 1. The molecule has 0 spiro atoms. The van der Waals surface area contributed by atoms with Gasteiger partial charge in [-0.1, -0.05) is 0 Å². The first-order chi connectivity index (χ1) is 12.4. The predicted octanol–water partition coefficient (Wildman–Crippen LogP) is 2.42. The van der Waals surface area contributed by atoms with Crippen LogP contribution in [0.15, 0.2) is 34.9 Å². The highest BCUT2D eigenvalue weighted by molar-refractivity contribution is 5.90. The lowest BCUT2D eigenvalue weighted by Gasteiger charge is -2.22. The number of furan rings is 1. The van der Waals surface area contributed by atoms with Gasteiger partial charge in [-0.15, -0.1) is 0 Å². The highest BCUT2D eigenvalue weighted by Crippen LogP contribution is 2.39. The summed E-state index contributed by atoms with van der Waals surface area (Å²) in [6.45, 7) is 1.67. The fourth-order valence-electron chi connectivity index (χ4n) is 2.45. The number of anilines is 1. The van der Waals surface area contributed by atoms with Gasteiger partial charge in [-0.2, -0.15) is 0 Å². The van der Waals surface area contributed by atoms with Crippen molar-refractivity contribution in [2.75, 3.05) is 33.2 Å². The molecule has 1 aromatic heterocycles. The second kappa shape index (κ2) is 8.48. The molecule has 2 aromatic rings. The lowest BCUT2D eigenvalue weighted by atomic mass is 10.0. The number of amides is 2. The number of ether oxygens (including phenoxy) is 3. The molecule has 0 saturated heterocycles. The summed E-state index contributed by atoms with van der Waals surface area (Å²) in [7, 11) is 4.49. The summed E-state index contributed by atoms with van der Waals surface area (Å²) in [6, 6.07) is 6.27. The smallest absolute Gasteiger partial charge is 0.319 e. The van der Waals surface area contributed by atoms with E-state index in [1.165, 1.54) is 27.6 Å². The summed E-state index contributed by atoms with van der Waals surface area (Å²) < 4.78 is 21.0. The van der Waals surface area contributed by atoms with Gasteiger partial charge in [0.15, 0.2) is 11.5 Å². The molecule has 0 aliphatic rings. The predicted molar refractivity (Wildman–Crippen MR) is 96.2 cm³/mol. The number of benzene rings is 1. The quantitative estimate of drug-likeness (QED) is 0.665. The van der Waals surface area contributed by atoms with Crippen molar-refractivity contribution < 1.29 is 28.5 Å². The Balaban J connectivity index is 1.99. The van der Waals surface area contributed by atoms with E-state index in [4.69, 9.17) is 18.6 Å². The highest BCUT2D eigenvalue weighted by atomic mass is 16.5. The number of carbonyl (C=O) groups is 1. The fraction of sp³-hybridized carbons (Fsp3) is 0.389. The van der Waals surface area contributed by atoms with Gasteiger partial charge in [-0.05, 0) is 19.1 Å². The van der Waals surface area contributed by atoms with Crippen LogP contribution >= 0.6 is 0 Å². The third kappa shape index (κ3) is 5.06. The van der Waals surface area contributed by atoms with Crippen LogP contribution in [-0.4, -0.2) is 44.6 Å². The fourth-order valence-corrected chi connectivity index (χ4v) is 2.45. The van der Waals surface area contributed by atoms with E-state index in [1.807, 2.05) is 0 Å². The van der Waals surface area contributed by atoms with Gasteiger partial charge >= 0.3 is 6.03 Å². The maximum atomic E-state index is 12.1. The number of nitrogens with one attached hydrogen (secondary N) is 2. The molecule has 26 heavy (non-hydrogen) atoms. The molecule has 1 atom stereocenters. The first kappa shape index (κ1) is 19.5. The normalized spacial score (nSPS) is 12.8. The highest BCUT2D eigenvalue weighted by Gasteiger charge is 2.23. The molecular weight excluding hydrogens is 340 g/mol. The van der Waals surface area contributed by atoms with Crippen LogP contribution < -0.4 is 24.8 Å². The number of rotatable bonds is 8. The summed E-state index contributed by atoms with van der Waals surface area (Å²) in [5.74, 6) is 1.92. The van der Waals surface area contributed by atoms with Crippen LogP contribution in [0.1, 0.15) is 12.7 Å². The Morgan fingerprint density at radius 2 is 1.85 bits per heavy atom. The maximum Gasteiger partial charge on any atom is 0.319 e. The van der Waals surface area contributed by atoms with Gasteiger partial charge in [0.25, 0.3) is 0 Å². The molecule has 8 nitrogen and oxygen atoms in total. The minimum atomic E-state index is -1.15. The van der Waals surface area contributed by atoms with Crippen molar-refractivity contribution in [2.24, 2.45) is 0 Å². The van der Waals surface area contributed by atoms with Crippen LogP contribution in [-0.2, 0) is 6.42 Å². The second-order valence-electron chi connectivity index (χ2n) is 5.97. The molecule has 1 heterocycles. The van der Waals surface area contributed by atoms with Gasteiger partial charge < -0.3 is 34.4 Å². The molecular formula is C18H24N2O6. The summed E-state index contributed by atoms with van der Waals surface area (Å²) >= 11 is 0. The van der Waals surface area contributed by atoms with Gasteiger partial charge in [0.1, 0.15) is 5.76 Å². The zero-order valence-corrected chi connectivity index (χ0v) is 15.3. The molecule has 142 valence electrons. The number of carbonyl (C=O) groups excluding carboxylic acids is 1. The first-order valence-electron chi connectivity index (χ1n) is 7.98. The van der Waals surface area contributed by atoms with Crippen LogP contribution in [0, 0.1) is 0 Å². The average Bonchev–Trinajstić information content (AvgIpc) is 3.11. The zero-order chi connectivity index (χ0) is 19.2.